The van der Waals surface area contributed by atoms with Crippen LogP contribution in [0.25, 0.3) is 0 Å². The quantitative estimate of drug-likeness (QED) is 0.676. The summed E-state index contributed by atoms with van der Waals surface area (Å²) in [6, 6.07) is 5.67. The van der Waals surface area contributed by atoms with E-state index in [9.17, 15) is 4.79 Å². The highest BCUT2D eigenvalue weighted by Gasteiger charge is 2.13. The molecule has 7 nitrogen and oxygen atoms in total. The highest BCUT2D eigenvalue weighted by Crippen LogP contribution is 2.33. The van der Waals surface area contributed by atoms with E-state index in [0.29, 0.717) is 10.8 Å². The van der Waals surface area contributed by atoms with Gasteiger partial charge in [-0.3, -0.25) is 4.79 Å². The number of anilines is 1. The zero-order valence-electron chi connectivity index (χ0n) is 12.9. The number of amides is 1. The first kappa shape index (κ1) is 17.1. The summed E-state index contributed by atoms with van der Waals surface area (Å²) in [6.45, 7) is 1.92. The molecule has 0 aliphatic heterocycles. The molecule has 10 heteroatoms. The summed E-state index contributed by atoms with van der Waals surface area (Å²) in [5.41, 5.74) is 1.48. The number of aromatic nitrogens is 5. The standard InChI is InChI=1S/C14H13BrN6OS2/c1-8-16-10(7-23-8)6-13(22)17-11-5-9(15)3-4-12(11)24-14-18-19-20-21(14)2/h3-5,7H,6H2,1-2H3,(H,17,22). The highest BCUT2D eigenvalue weighted by atomic mass is 79.9. The Morgan fingerprint density at radius 2 is 2.29 bits per heavy atom. The Hall–Kier alpha value is -1.78. The molecule has 0 aliphatic carbocycles. The molecular formula is C14H13BrN6OS2. The molecule has 124 valence electrons. The Labute approximate surface area is 155 Å². The van der Waals surface area contributed by atoms with Crippen LogP contribution in [0, 0.1) is 6.92 Å². The zero-order chi connectivity index (χ0) is 17.1. The number of nitrogens with one attached hydrogen (secondary N) is 1. The SMILES string of the molecule is Cc1nc(CC(=O)Nc2cc(Br)ccc2Sc2nnnn2C)cs1. The number of nitrogens with zero attached hydrogens (tertiary/aromatic N) is 5. The van der Waals surface area contributed by atoms with E-state index < -0.39 is 0 Å². The van der Waals surface area contributed by atoms with Crippen molar-refractivity contribution in [2.75, 3.05) is 5.32 Å². The van der Waals surface area contributed by atoms with E-state index in [1.54, 1.807) is 11.7 Å². The molecule has 0 bridgehead atoms. The van der Waals surface area contributed by atoms with Gasteiger partial charge in [0.2, 0.25) is 11.1 Å². The Bertz CT molecular complexity index is 878. The van der Waals surface area contributed by atoms with Crippen LogP contribution in [-0.2, 0) is 18.3 Å². The molecule has 24 heavy (non-hydrogen) atoms. The number of carbonyl (C=O) groups excluding carboxylic acids is 1. The van der Waals surface area contributed by atoms with Gasteiger partial charge in [0.1, 0.15) is 0 Å². The summed E-state index contributed by atoms with van der Waals surface area (Å²) in [6.07, 6.45) is 0.243. The molecule has 0 aliphatic rings. The number of rotatable bonds is 5. The van der Waals surface area contributed by atoms with Gasteiger partial charge in [-0.1, -0.05) is 15.9 Å². The molecule has 0 unspecified atom stereocenters. The van der Waals surface area contributed by atoms with Crippen molar-refractivity contribution in [2.24, 2.45) is 7.05 Å². The van der Waals surface area contributed by atoms with Gasteiger partial charge in [-0.25, -0.2) is 9.67 Å². The fourth-order valence-corrected chi connectivity index (χ4v) is 3.72. The van der Waals surface area contributed by atoms with Crippen molar-refractivity contribution < 1.29 is 4.79 Å². The van der Waals surface area contributed by atoms with Gasteiger partial charge >= 0.3 is 0 Å². The average Bonchev–Trinajstić information content (AvgIpc) is 3.11. The van der Waals surface area contributed by atoms with Gasteiger partial charge in [-0.2, -0.15) is 0 Å². The van der Waals surface area contributed by atoms with E-state index in [4.69, 9.17) is 0 Å². The van der Waals surface area contributed by atoms with Crippen LogP contribution >= 0.6 is 39.0 Å². The number of hydrogen-bond donors (Lipinski definition) is 1. The first-order valence-corrected chi connectivity index (χ1v) is 9.41. The molecule has 3 rings (SSSR count). The second kappa shape index (κ2) is 7.41. The number of aryl methyl sites for hydroxylation is 2. The van der Waals surface area contributed by atoms with Crippen molar-refractivity contribution >= 4 is 50.6 Å². The number of tetrazole rings is 1. The summed E-state index contributed by atoms with van der Waals surface area (Å²) in [5.74, 6) is -0.114. The van der Waals surface area contributed by atoms with Crippen LogP contribution < -0.4 is 5.32 Å². The summed E-state index contributed by atoms with van der Waals surface area (Å²) in [7, 11) is 1.77. The van der Waals surface area contributed by atoms with Crippen LogP contribution in [0.5, 0.6) is 0 Å². The van der Waals surface area contributed by atoms with Crippen LogP contribution in [0.15, 0.2) is 38.1 Å². The number of benzene rings is 1. The van der Waals surface area contributed by atoms with E-state index in [2.05, 4.69) is 41.8 Å². The van der Waals surface area contributed by atoms with Crippen molar-refractivity contribution in [3.8, 4) is 0 Å². The molecule has 2 heterocycles. The minimum Gasteiger partial charge on any atom is -0.325 e. The Balaban J connectivity index is 1.77. The lowest BCUT2D eigenvalue weighted by molar-refractivity contribution is -0.115. The predicted octanol–water partition coefficient (Wildman–Crippen LogP) is 3.07. The lowest BCUT2D eigenvalue weighted by Crippen LogP contribution is -2.15. The smallest absolute Gasteiger partial charge is 0.230 e. The minimum atomic E-state index is -0.114. The maximum absolute atomic E-state index is 12.3. The largest absolute Gasteiger partial charge is 0.325 e. The maximum atomic E-state index is 12.3. The summed E-state index contributed by atoms with van der Waals surface area (Å²) >= 11 is 6.35. The molecule has 0 fully saturated rings. The van der Waals surface area contributed by atoms with Crippen LogP contribution in [-0.4, -0.2) is 31.1 Å². The second-order valence-electron chi connectivity index (χ2n) is 4.91. The predicted molar refractivity (Wildman–Crippen MR) is 96.2 cm³/mol. The van der Waals surface area contributed by atoms with Crippen molar-refractivity contribution in [1.29, 1.82) is 0 Å². The second-order valence-corrected chi connectivity index (χ2v) is 7.90. The van der Waals surface area contributed by atoms with Crippen molar-refractivity contribution in [1.82, 2.24) is 25.2 Å². The fourth-order valence-electron chi connectivity index (χ4n) is 1.94. The first-order valence-electron chi connectivity index (χ1n) is 6.92. The van der Waals surface area contributed by atoms with Crippen LogP contribution in [0.1, 0.15) is 10.7 Å². The molecule has 1 N–H and O–H groups in total. The van der Waals surface area contributed by atoms with Gasteiger partial charge in [-0.15, -0.1) is 16.4 Å². The van der Waals surface area contributed by atoms with Crippen molar-refractivity contribution in [3.63, 3.8) is 0 Å². The van der Waals surface area contributed by atoms with Crippen LogP contribution in [0.2, 0.25) is 0 Å². The monoisotopic (exact) mass is 424 g/mol. The zero-order valence-corrected chi connectivity index (χ0v) is 16.1. The van der Waals surface area contributed by atoms with Gasteiger partial charge in [-0.05, 0) is 47.3 Å². The normalized spacial score (nSPS) is 10.8. The van der Waals surface area contributed by atoms with E-state index in [1.807, 2.05) is 30.5 Å². The molecule has 0 saturated carbocycles. The Morgan fingerprint density at radius 1 is 1.46 bits per heavy atom. The number of carbonyl (C=O) groups is 1. The van der Waals surface area contributed by atoms with Gasteiger partial charge < -0.3 is 5.32 Å². The van der Waals surface area contributed by atoms with E-state index in [-0.39, 0.29) is 12.3 Å². The fraction of sp³-hybridized carbons (Fsp3) is 0.214. The summed E-state index contributed by atoms with van der Waals surface area (Å²) in [4.78, 5) is 17.5. The third-order valence-electron chi connectivity index (χ3n) is 3.01. The molecule has 1 aromatic carbocycles. The van der Waals surface area contributed by atoms with Gasteiger partial charge in [0, 0.05) is 21.8 Å². The summed E-state index contributed by atoms with van der Waals surface area (Å²) in [5, 5.41) is 17.8. The molecule has 1 amide bonds. The van der Waals surface area contributed by atoms with Crippen molar-refractivity contribution in [3.05, 3.63) is 38.8 Å². The van der Waals surface area contributed by atoms with E-state index in [1.165, 1.54) is 23.1 Å². The average molecular weight is 425 g/mol. The number of halogens is 1. The molecule has 2 aromatic heterocycles. The summed E-state index contributed by atoms with van der Waals surface area (Å²) < 4.78 is 2.46. The van der Waals surface area contributed by atoms with Gasteiger partial charge in [0.25, 0.3) is 0 Å². The third-order valence-corrected chi connectivity index (χ3v) is 5.43. The number of hydrogen-bond acceptors (Lipinski definition) is 7. The molecular weight excluding hydrogens is 412 g/mol. The molecule has 0 radical (unpaired) electrons. The van der Waals surface area contributed by atoms with Gasteiger partial charge in [0.15, 0.2) is 0 Å². The first-order chi connectivity index (χ1) is 11.5. The Kier molecular flexibility index (Phi) is 5.27. The highest BCUT2D eigenvalue weighted by molar-refractivity contribution is 9.10. The van der Waals surface area contributed by atoms with Crippen LogP contribution in [0.3, 0.4) is 0 Å². The molecule has 0 saturated heterocycles. The van der Waals surface area contributed by atoms with Gasteiger partial charge in [0.05, 0.1) is 22.8 Å². The lowest BCUT2D eigenvalue weighted by atomic mass is 10.3. The number of thiazole rings is 1. The lowest BCUT2D eigenvalue weighted by Gasteiger charge is -2.10. The third kappa shape index (κ3) is 4.19. The molecule has 0 spiro atoms. The maximum Gasteiger partial charge on any atom is 0.230 e. The topological polar surface area (TPSA) is 85.6 Å². The van der Waals surface area contributed by atoms with Crippen LogP contribution in [0.4, 0.5) is 5.69 Å². The molecule has 3 aromatic rings. The minimum absolute atomic E-state index is 0.114. The Morgan fingerprint density at radius 3 is 2.96 bits per heavy atom. The van der Waals surface area contributed by atoms with E-state index >= 15 is 0 Å². The van der Waals surface area contributed by atoms with E-state index in [0.717, 1.165) is 20.1 Å². The van der Waals surface area contributed by atoms with Crippen molar-refractivity contribution in [2.45, 2.75) is 23.4 Å². The molecule has 0 atom stereocenters.